The van der Waals surface area contributed by atoms with Crippen LogP contribution in [0.3, 0.4) is 0 Å². The summed E-state index contributed by atoms with van der Waals surface area (Å²) in [5, 5.41) is 26.3. The first-order valence-electron chi connectivity index (χ1n) is 12.6. The van der Waals surface area contributed by atoms with Crippen molar-refractivity contribution in [2.24, 2.45) is 0 Å². The number of ether oxygens (including phenoxy) is 3. The Kier molecular flexibility index (Phi) is 12.4. The molecule has 0 aromatic heterocycles. The minimum atomic E-state index is -3.82. The molecular weight excluding hydrogens is 615 g/mol. The zero-order valence-corrected chi connectivity index (χ0v) is 25.7. The number of hydrogen-bond donors (Lipinski definition) is 4. The van der Waals surface area contributed by atoms with Crippen LogP contribution in [0, 0.1) is 0 Å². The van der Waals surface area contributed by atoms with E-state index < -0.39 is 103 Å². The fourth-order valence-corrected chi connectivity index (χ4v) is 6.89. The molecule has 18 heteroatoms. The molecular formula is C23H35ClF2N3O10PS. The number of nitrogens with zero attached hydrogens (tertiary/aromatic N) is 1. The zero-order valence-electron chi connectivity index (χ0n) is 23.2. The Morgan fingerprint density at radius 3 is 2.05 bits per heavy atom. The van der Waals surface area contributed by atoms with Crippen molar-refractivity contribution in [1.29, 1.82) is 0 Å². The minimum absolute atomic E-state index is 0.408. The largest absolute Gasteiger partial charge is 0.462 e. The van der Waals surface area contributed by atoms with Gasteiger partial charge in [-0.15, -0.1) is 0 Å². The summed E-state index contributed by atoms with van der Waals surface area (Å²) in [6.45, 7) is 4.18. The number of allylic oxidation sites excluding steroid dienone is 1. The maximum absolute atomic E-state index is 14.6. The number of carbonyl (C=O) groups is 4. The normalized spacial score (nSPS) is 26.9. The molecule has 0 aromatic rings. The van der Waals surface area contributed by atoms with Gasteiger partial charge in [0, 0.05) is 6.20 Å². The third-order valence-corrected chi connectivity index (χ3v) is 9.03. The molecule has 0 unspecified atom stereocenters. The molecule has 0 spiro atoms. The van der Waals surface area contributed by atoms with Crippen LogP contribution in [0.25, 0.3) is 0 Å². The first-order chi connectivity index (χ1) is 18.8. The third-order valence-electron chi connectivity index (χ3n) is 5.83. The van der Waals surface area contributed by atoms with Crippen LogP contribution in [-0.2, 0) is 49.7 Å². The van der Waals surface area contributed by atoms with E-state index in [2.05, 4.69) is 10.2 Å². The van der Waals surface area contributed by atoms with Gasteiger partial charge in [-0.25, -0.2) is 19.0 Å². The summed E-state index contributed by atoms with van der Waals surface area (Å²) >= 11 is 11.3. The smallest absolute Gasteiger partial charge is 0.323 e. The second-order valence-electron chi connectivity index (χ2n) is 10.1. The Bertz CT molecular complexity index is 1070. The lowest BCUT2D eigenvalue weighted by atomic mass is 9.96. The summed E-state index contributed by atoms with van der Waals surface area (Å²) in [6.07, 6.45) is -10.6. The Morgan fingerprint density at radius 1 is 1.12 bits per heavy atom. The molecule has 0 bridgehead atoms. The molecule has 13 nitrogen and oxygen atoms in total. The van der Waals surface area contributed by atoms with E-state index in [9.17, 15) is 38.2 Å². The number of nitrogens with one attached hydrogen (secondary N) is 2. The highest BCUT2D eigenvalue weighted by Crippen LogP contribution is 2.45. The molecule has 41 heavy (non-hydrogen) atoms. The van der Waals surface area contributed by atoms with E-state index in [0.29, 0.717) is 4.90 Å². The summed E-state index contributed by atoms with van der Waals surface area (Å²) in [5.41, 5.74) is -2.94. The number of ketones is 1. The highest BCUT2D eigenvalue weighted by Gasteiger charge is 2.62. The molecule has 1 saturated heterocycles. The molecule has 1 fully saturated rings. The Hall–Kier alpha value is -1.62. The standard InChI is InChI=1S/C23H35ClF2N3O10PS/c1-10(2)37-20(34)12(5)27-40(41,28-13(6)21(35)38-11(3)4)36-9-23(22(25)26)18(33)17(32)19(39-23)29-8-14(24)15(30)7-16(29)31/h8,10-13,17-19,22,32-33H,7,9H2,1-6H3,(H2,27,28,41)/t12-,13-,17-,18-,19+,23+/m0/s1. The molecule has 6 atom stereocenters. The van der Waals surface area contributed by atoms with Crippen molar-refractivity contribution in [2.75, 3.05) is 6.61 Å². The van der Waals surface area contributed by atoms with Crippen LogP contribution < -0.4 is 10.2 Å². The predicted molar refractivity (Wildman–Crippen MR) is 144 cm³/mol. The van der Waals surface area contributed by atoms with Gasteiger partial charge in [0.25, 0.3) is 6.43 Å². The van der Waals surface area contributed by atoms with E-state index >= 15 is 0 Å². The van der Waals surface area contributed by atoms with Gasteiger partial charge in [-0.2, -0.15) is 0 Å². The fourth-order valence-electron chi connectivity index (χ4n) is 3.78. The van der Waals surface area contributed by atoms with Crippen molar-refractivity contribution < 1.29 is 56.9 Å². The average molecular weight is 650 g/mol. The number of Topliss-reactive ketones (excluding diaryl/α,β-unsaturated/α-hetero) is 1. The molecule has 2 rings (SSSR count). The Balaban J connectivity index is 2.37. The van der Waals surface area contributed by atoms with Crippen molar-refractivity contribution in [3.63, 3.8) is 0 Å². The van der Waals surface area contributed by atoms with E-state index in [1.807, 2.05) is 0 Å². The second kappa shape index (κ2) is 14.2. The molecule has 234 valence electrons. The first-order valence-corrected chi connectivity index (χ1v) is 15.7. The van der Waals surface area contributed by atoms with Crippen molar-refractivity contribution in [2.45, 2.75) is 103 Å². The number of alkyl halides is 2. The Labute approximate surface area is 246 Å². The van der Waals surface area contributed by atoms with E-state index in [4.69, 9.17) is 42.1 Å². The van der Waals surface area contributed by atoms with Crippen LogP contribution >= 0.6 is 18.2 Å². The SMILES string of the molecule is CC(C)OC(=O)[C@H](C)NP(=S)(N[C@@H](C)C(=O)OC(C)C)OC[C@@]1(C(F)F)O[C@@H](N2C=C(Cl)C(=O)CC2=O)[C@@H](O)[C@@H]1O. The number of hydrogen-bond acceptors (Lipinski definition) is 11. The van der Waals surface area contributed by atoms with Gasteiger partial charge in [-0.05, 0) is 53.3 Å². The zero-order chi connectivity index (χ0) is 31.4. The van der Waals surface area contributed by atoms with Gasteiger partial charge in [0.05, 0.1) is 25.2 Å². The summed E-state index contributed by atoms with van der Waals surface area (Å²) in [7, 11) is 0. The summed E-state index contributed by atoms with van der Waals surface area (Å²) in [4.78, 5) is 49.6. The van der Waals surface area contributed by atoms with Crippen molar-refractivity contribution in [3.05, 3.63) is 11.2 Å². The highest BCUT2D eigenvalue weighted by molar-refractivity contribution is 8.10. The van der Waals surface area contributed by atoms with Gasteiger partial charge in [-0.3, -0.25) is 24.1 Å². The average Bonchev–Trinajstić information content (AvgIpc) is 3.10. The maximum atomic E-state index is 14.6. The number of amides is 1. The van der Waals surface area contributed by atoms with E-state index in [-0.39, 0.29) is 0 Å². The van der Waals surface area contributed by atoms with E-state index in [1.165, 1.54) is 13.8 Å². The van der Waals surface area contributed by atoms with Crippen LogP contribution in [0.5, 0.6) is 0 Å². The van der Waals surface area contributed by atoms with Crippen LogP contribution in [0.1, 0.15) is 48.0 Å². The number of carbonyl (C=O) groups excluding carboxylic acids is 4. The maximum Gasteiger partial charge on any atom is 0.323 e. The van der Waals surface area contributed by atoms with Crippen molar-refractivity contribution in [1.82, 2.24) is 15.1 Å². The molecule has 0 aliphatic carbocycles. The molecule has 2 heterocycles. The van der Waals surface area contributed by atoms with E-state index in [0.717, 1.165) is 6.20 Å². The third kappa shape index (κ3) is 8.71. The number of rotatable bonds is 13. The van der Waals surface area contributed by atoms with Gasteiger partial charge in [0.1, 0.15) is 29.3 Å². The molecule has 2 aliphatic heterocycles. The number of aliphatic hydroxyl groups is 2. The summed E-state index contributed by atoms with van der Waals surface area (Å²) < 4.78 is 50.4. The fraction of sp³-hybridized carbons (Fsp3) is 0.739. The van der Waals surface area contributed by atoms with Crippen LogP contribution in [0.15, 0.2) is 11.2 Å². The molecule has 0 radical (unpaired) electrons. The van der Waals surface area contributed by atoms with Crippen molar-refractivity contribution in [3.8, 4) is 0 Å². The summed E-state index contributed by atoms with van der Waals surface area (Å²) in [5.74, 6) is -3.15. The lowest BCUT2D eigenvalue weighted by molar-refractivity contribution is -0.199. The number of halogens is 3. The predicted octanol–water partition coefficient (Wildman–Crippen LogP) is 1.05. The highest BCUT2D eigenvalue weighted by atomic mass is 35.5. The quantitative estimate of drug-likeness (QED) is 0.127. The van der Waals surface area contributed by atoms with E-state index in [1.54, 1.807) is 27.7 Å². The van der Waals surface area contributed by atoms with Gasteiger partial charge in [0.2, 0.25) is 5.91 Å². The molecule has 2 aliphatic rings. The van der Waals surface area contributed by atoms with Gasteiger partial charge < -0.3 is 28.9 Å². The minimum Gasteiger partial charge on any atom is -0.462 e. The lowest BCUT2D eigenvalue weighted by Crippen LogP contribution is -2.53. The molecule has 4 N–H and O–H groups in total. The lowest BCUT2D eigenvalue weighted by Gasteiger charge is -2.36. The number of aliphatic hydroxyl groups excluding tert-OH is 2. The summed E-state index contributed by atoms with van der Waals surface area (Å²) in [6, 6.07) is -2.29. The second-order valence-corrected chi connectivity index (χ2v) is 13.9. The topological polar surface area (TPSA) is 173 Å². The molecule has 0 saturated carbocycles. The Morgan fingerprint density at radius 2 is 1.61 bits per heavy atom. The van der Waals surface area contributed by atoms with Gasteiger partial charge >= 0.3 is 11.9 Å². The van der Waals surface area contributed by atoms with Crippen LogP contribution in [-0.4, -0.2) is 100 Å². The van der Waals surface area contributed by atoms with Crippen molar-refractivity contribution >= 4 is 53.6 Å². The number of esters is 2. The molecule has 0 aromatic carbocycles. The van der Waals surface area contributed by atoms with Crippen LogP contribution in [0.2, 0.25) is 0 Å². The van der Waals surface area contributed by atoms with Gasteiger partial charge in [-0.1, -0.05) is 11.6 Å². The monoisotopic (exact) mass is 649 g/mol. The van der Waals surface area contributed by atoms with Crippen LogP contribution in [0.4, 0.5) is 8.78 Å². The first kappa shape index (κ1) is 35.6. The molecule has 1 amide bonds. The van der Waals surface area contributed by atoms with Gasteiger partial charge in [0.15, 0.2) is 24.2 Å².